The van der Waals surface area contributed by atoms with Gasteiger partial charge in [0.2, 0.25) is 11.8 Å². The van der Waals surface area contributed by atoms with Crippen LogP contribution in [0.2, 0.25) is 0 Å². The topological polar surface area (TPSA) is 87.1 Å². The highest BCUT2D eigenvalue weighted by Gasteiger charge is 2.77. The molecule has 2 unspecified atom stereocenters. The Bertz CT molecular complexity index is 959. The molecule has 5 atom stereocenters. The predicted molar refractivity (Wildman–Crippen MR) is 157 cm³/mol. The van der Waals surface area contributed by atoms with E-state index in [1.54, 1.807) is 28.8 Å². The number of rotatable bonds is 14. The molecule has 3 aliphatic rings. The van der Waals surface area contributed by atoms with Crippen molar-refractivity contribution in [1.82, 2.24) is 9.80 Å². The van der Waals surface area contributed by atoms with Crippen LogP contribution in [0.15, 0.2) is 25.3 Å². The first kappa shape index (κ1) is 31.7. The average molecular weight is 563 g/mol. The molecule has 0 aromatic carbocycles. The smallest absolute Gasteiger partial charge is 0.311 e. The second kappa shape index (κ2) is 12.0. The number of esters is 1. The molecule has 0 aromatic rings. The molecule has 3 saturated heterocycles. The summed E-state index contributed by atoms with van der Waals surface area (Å²) in [4.78, 5) is 46.1. The van der Waals surface area contributed by atoms with Crippen LogP contribution in [0, 0.1) is 17.3 Å². The predicted octanol–water partition coefficient (Wildman–Crippen LogP) is 4.98. The van der Waals surface area contributed by atoms with Crippen molar-refractivity contribution in [3.63, 3.8) is 0 Å². The molecule has 1 N–H and O–H groups in total. The standard InChI is InChI=1S/C31H50N2O5S/c1-9-11-14-20-38-27(37)23-22-25(35)32(18-12-13-19-34)24(31(22)16-15-30(23,8)39-31)26(36)33(17-10-2)29(6,7)21-28(3,4)5/h9-10,22-24,34H,1-2,11-21H2,3-8H3/t22-,23-,24?,30+,31?/m0/s1. The van der Waals surface area contributed by atoms with Gasteiger partial charge in [0.15, 0.2) is 0 Å². The molecule has 3 rings (SSSR count). The quantitative estimate of drug-likeness (QED) is 0.183. The lowest BCUT2D eigenvalue weighted by Gasteiger charge is -2.46. The molecule has 3 heterocycles. The number of nitrogens with zero attached hydrogens (tertiary/aromatic N) is 2. The number of ether oxygens (including phenoxy) is 1. The van der Waals surface area contributed by atoms with E-state index in [9.17, 15) is 19.5 Å². The minimum atomic E-state index is -0.676. The van der Waals surface area contributed by atoms with E-state index in [0.717, 1.165) is 19.3 Å². The van der Waals surface area contributed by atoms with Crippen LogP contribution < -0.4 is 0 Å². The zero-order chi connectivity index (χ0) is 29.2. The number of aliphatic hydroxyl groups is 1. The summed E-state index contributed by atoms with van der Waals surface area (Å²) in [7, 11) is 0. The summed E-state index contributed by atoms with van der Waals surface area (Å²) >= 11 is 1.67. The van der Waals surface area contributed by atoms with Crippen LogP contribution in [0.25, 0.3) is 0 Å². The lowest BCUT2D eigenvalue weighted by molar-refractivity contribution is -0.155. The minimum Gasteiger partial charge on any atom is -0.465 e. The van der Waals surface area contributed by atoms with Crippen LogP contribution in [0.1, 0.15) is 86.5 Å². The molecule has 220 valence electrons. The third kappa shape index (κ3) is 6.12. The van der Waals surface area contributed by atoms with Gasteiger partial charge in [-0.2, -0.15) is 0 Å². The molecule has 0 aromatic heterocycles. The van der Waals surface area contributed by atoms with Crippen LogP contribution in [-0.2, 0) is 19.1 Å². The van der Waals surface area contributed by atoms with Gasteiger partial charge in [-0.1, -0.05) is 32.9 Å². The SMILES string of the molecule is C=CCCCOC(=O)[C@@H]1[C@H]2C(=O)N(CCCCO)C(C(=O)N(CC=C)C(C)(C)CC(C)(C)C)C23CC[C@@]1(C)S3. The highest BCUT2D eigenvalue weighted by atomic mass is 32.2. The van der Waals surface area contributed by atoms with Crippen molar-refractivity contribution in [3.05, 3.63) is 25.3 Å². The first-order valence-corrected chi connectivity index (χ1v) is 15.3. The maximum atomic E-state index is 14.7. The number of likely N-dealkylation sites (tertiary alicyclic amines) is 1. The van der Waals surface area contributed by atoms with Gasteiger partial charge in [0.25, 0.3) is 0 Å². The van der Waals surface area contributed by atoms with Gasteiger partial charge < -0.3 is 19.6 Å². The summed E-state index contributed by atoms with van der Waals surface area (Å²) in [6, 6.07) is -0.668. The molecule has 39 heavy (non-hydrogen) atoms. The van der Waals surface area contributed by atoms with E-state index in [1.165, 1.54) is 0 Å². The summed E-state index contributed by atoms with van der Waals surface area (Å²) < 4.78 is 4.59. The van der Waals surface area contributed by atoms with Crippen LogP contribution in [-0.4, -0.2) is 80.1 Å². The summed E-state index contributed by atoms with van der Waals surface area (Å²) in [5, 5.41) is 9.43. The van der Waals surface area contributed by atoms with Crippen LogP contribution in [0.5, 0.6) is 0 Å². The van der Waals surface area contributed by atoms with Crippen molar-refractivity contribution >= 4 is 29.5 Å². The van der Waals surface area contributed by atoms with E-state index < -0.39 is 32.9 Å². The van der Waals surface area contributed by atoms with Crippen molar-refractivity contribution < 1.29 is 24.2 Å². The van der Waals surface area contributed by atoms with Gasteiger partial charge in [0, 0.05) is 30.0 Å². The second-order valence-corrected chi connectivity index (χ2v) is 15.5. The van der Waals surface area contributed by atoms with E-state index in [-0.39, 0.29) is 29.8 Å². The Kier molecular flexibility index (Phi) is 9.74. The highest BCUT2D eigenvalue weighted by molar-refractivity contribution is 8.02. The van der Waals surface area contributed by atoms with Crippen molar-refractivity contribution in [1.29, 1.82) is 0 Å². The molecule has 0 radical (unpaired) electrons. The molecular formula is C31H50N2O5S. The number of thioether (sulfide) groups is 1. The Morgan fingerprint density at radius 2 is 1.85 bits per heavy atom. The van der Waals surface area contributed by atoms with Gasteiger partial charge >= 0.3 is 5.97 Å². The molecule has 2 bridgehead atoms. The molecule has 8 heteroatoms. The molecular weight excluding hydrogens is 512 g/mol. The summed E-state index contributed by atoms with van der Waals surface area (Å²) in [5.41, 5.74) is -0.475. The zero-order valence-corrected chi connectivity index (χ0v) is 25.8. The number of carbonyl (C=O) groups is 3. The van der Waals surface area contributed by atoms with Gasteiger partial charge in [-0.05, 0) is 71.1 Å². The van der Waals surface area contributed by atoms with Crippen molar-refractivity contribution in [2.45, 2.75) is 108 Å². The number of hydrogen-bond acceptors (Lipinski definition) is 6. The third-order valence-corrected chi connectivity index (χ3v) is 10.6. The van der Waals surface area contributed by atoms with Gasteiger partial charge in [-0.25, -0.2) is 0 Å². The lowest BCUT2D eigenvalue weighted by Crippen LogP contribution is -2.60. The Morgan fingerprint density at radius 3 is 2.44 bits per heavy atom. The van der Waals surface area contributed by atoms with Gasteiger partial charge in [-0.3, -0.25) is 14.4 Å². The lowest BCUT2D eigenvalue weighted by atomic mass is 9.66. The maximum Gasteiger partial charge on any atom is 0.311 e. The summed E-state index contributed by atoms with van der Waals surface area (Å²) in [6.07, 6.45) is 8.41. The largest absolute Gasteiger partial charge is 0.465 e. The van der Waals surface area contributed by atoms with E-state index in [4.69, 9.17) is 4.74 Å². The van der Waals surface area contributed by atoms with Crippen molar-refractivity contribution in [3.8, 4) is 0 Å². The van der Waals surface area contributed by atoms with E-state index in [2.05, 4.69) is 54.7 Å². The number of amides is 2. The first-order chi connectivity index (χ1) is 18.2. The van der Waals surface area contributed by atoms with Crippen LogP contribution in [0.4, 0.5) is 0 Å². The Hall–Kier alpha value is -1.80. The van der Waals surface area contributed by atoms with E-state index >= 15 is 0 Å². The van der Waals surface area contributed by atoms with Crippen molar-refractivity contribution in [2.24, 2.45) is 17.3 Å². The molecule has 1 spiro atoms. The third-order valence-electron chi connectivity index (χ3n) is 8.64. The molecule has 0 saturated carbocycles. The fourth-order valence-corrected chi connectivity index (χ4v) is 9.83. The first-order valence-electron chi connectivity index (χ1n) is 14.5. The Morgan fingerprint density at radius 1 is 1.15 bits per heavy atom. The van der Waals surface area contributed by atoms with Gasteiger partial charge in [0.05, 0.1) is 23.2 Å². The zero-order valence-electron chi connectivity index (χ0n) is 25.0. The van der Waals surface area contributed by atoms with E-state index in [0.29, 0.717) is 45.4 Å². The molecule has 2 amide bonds. The maximum absolute atomic E-state index is 14.7. The number of carbonyl (C=O) groups excluding carboxylic acids is 3. The van der Waals surface area contributed by atoms with Crippen molar-refractivity contribution in [2.75, 3.05) is 26.3 Å². The number of aliphatic hydroxyl groups excluding tert-OH is 1. The number of unbranched alkanes of at least 4 members (excludes halogenated alkanes) is 2. The second-order valence-electron chi connectivity index (χ2n) is 13.6. The van der Waals surface area contributed by atoms with Gasteiger partial charge in [0.1, 0.15) is 6.04 Å². The molecule has 3 fully saturated rings. The Balaban J connectivity index is 2.03. The highest BCUT2D eigenvalue weighted by Crippen LogP contribution is 2.71. The van der Waals surface area contributed by atoms with Gasteiger partial charge in [-0.15, -0.1) is 24.9 Å². The normalized spacial score (nSPS) is 29.9. The molecule has 0 aliphatic carbocycles. The number of allylic oxidation sites excluding steroid dienone is 1. The van der Waals surface area contributed by atoms with Crippen LogP contribution >= 0.6 is 11.8 Å². The Labute approximate surface area is 239 Å². The summed E-state index contributed by atoms with van der Waals surface area (Å²) in [5.74, 6) is -1.69. The fraction of sp³-hybridized carbons (Fsp3) is 0.774. The molecule has 7 nitrogen and oxygen atoms in total. The average Bonchev–Trinajstić information content (AvgIpc) is 3.39. The fourth-order valence-electron chi connectivity index (χ4n) is 7.49. The number of fused-ring (bicyclic) bond motifs is 1. The van der Waals surface area contributed by atoms with Crippen LogP contribution in [0.3, 0.4) is 0 Å². The van der Waals surface area contributed by atoms with E-state index in [1.807, 2.05) is 4.90 Å². The minimum absolute atomic E-state index is 0.00911. The monoisotopic (exact) mass is 562 g/mol. The number of hydrogen-bond donors (Lipinski definition) is 1. The molecule has 3 aliphatic heterocycles. The summed E-state index contributed by atoms with van der Waals surface area (Å²) in [6.45, 7) is 21.5.